The normalized spacial score (nSPS) is 11.9. The van der Waals surface area contributed by atoms with Crippen LogP contribution in [0.2, 0.25) is 0 Å². The Balaban J connectivity index is 2.17. The molecule has 0 aliphatic heterocycles. The summed E-state index contributed by atoms with van der Waals surface area (Å²) in [5, 5.41) is 5.82. The van der Waals surface area contributed by atoms with E-state index in [2.05, 4.69) is 64.3 Å². The number of benzene rings is 1. The summed E-state index contributed by atoms with van der Waals surface area (Å²) >= 11 is 3.50. The maximum absolute atomic E-state index is 4.48. The largest absolute Gasteiger partial charge is 0.308 e. The molecular formula is C15H19BrN2. The molecular weight excluding hydrogens is 288 g/mol. The van der Waals surface area contributed by atoms with Crippen molar-refractivity contribution in [1.82, 2.24) is 10.3 Å². The maximum atomic E-state index is 4.48. The molecule has 1 heterocycles. The first-order valence-electron chi connectivity index (χ1n) is 6.26. The molecule has 0 fully saturated rings. The molecule has 0 aliphatic rings. The minimum atomic E-state index is 0.139. The molecule has 1 aromatic heterocycles. The third kappa shape index (κ3) is 3.30. The van der Waals surface area contributed by atoms with Crippen LogP contribution >= 0.6 is 15.9 Å². The van der Waals surface area contributed by atoms with Crippen molar-refractivity contribution in [2.24, 2.45) is 0 Å². The fraction of sp³-hybridized carbons (Fsp3) is 0.400. The lowest BCUT2D eigenvalue weighted by molar-refractivity contribution is 0.378. The molecule has 0 atom stereocenters. The summed E-state index contributed by atoms with van der Waals surface area (Å²) in [7, 11) is 0. The van der Waals surface area contributed by atoms with E-state index in [1.165, 1.54) is 10.9 Å². The molecule has 0 spiro atoms. The lowest BCUT2D eigenvalue weighted by Crippen LogP contribution is -2.39. The molecule has 0 unspecified atom stereocenters. The number of pyridine rings is 1. The minimum Gasteiger partial charge on any atom is -0.308 e. The first kappa shape index (κ1) is 13.5. The van der Waals surface area contributed by atoms with Crippen molar-refractivity contribution in [1.29, 1.82) is 0 Å². The van der Waals surface area contributed by atoms with Crippen LogP contribution in [-0.2, 0) is 6.54 Å². The number of nitrogens with zero attached hydrogens (tertiary/aromatic N) is 1. The van der Waals surface area contributed by atoms with Gasteiger partial charge in [-0.1, -0.05) is 40.2 Å². The SMILES string of the molecule is CC(C)(CCBr)NCc1cccc2cccnc12. The van der Waals surface area contributed by atoms with Crippen molar-refractivity contribution in [3.8, 4) is 0 Å². The molecule has 1 aromatic carbocycles. The van der Waals surface area contributed by atoms with Crippen molar-refractivity contribution in [2.45, 2.75) is 32.4 Å². The smallest absolute Gasteiger partial charge is 0.0746 e. The highest BCUT2D eigenvalue weighted by Gasteiger charge is 2.16. The lowest BCUT2D eigenvalue weighted by atomic mass is 10.0. The van der Waals surface area contributed by atoms with Crippen molar-refractivity contribution < 1.29 is 0 Å². The van der Waals surface area contributed by atoms with Gasteiger partial charge in [0.2, 0.25) is 0 Å². The van der Waals surface area contributed by atoms with E-state index in [-0.39, 0.29) is 5.54 Å². The van der Waals surface area contributed by atoms with Gasteiger partial charge in [-0.25, -0.2) is 0 Å². The molecule has 0 bridgehead atoms. The second-order valence-electron chi connectivity index (χ2n) is 5.17. The van der Waals surface area contributed by atoms with Crippen LogP contribution in [0.1, 0.15) is 25.8 Å². The van der Waals surface area contributed by atoms with Gasteiger partial charge >= 0.3 is 0 Å². The predicted molar refractivity (Wildman–Crippen MR) is 81.1 cm³/mol. The molecule has 1 N–H and O–H groups in total. The topological polar surface area (TPSA) is 24.9 Å². The summed E-state index contributed by atoms with van der Waals surface area (Å²) < 4.78 is 0. The molecule has 96 valence electrons. The molecule has 18 heavy (non-hydrogen) atoms. The van der Waals surface area contributed by atoms with E-state index in [0.29, 0.717) is 0 Å². The van der Waals surface area contributed by atoms with Crippen molar-refractivity contribution in [3.63, 3.8) is 0 Å². The fourth-order valence-corrected chi connectivity index (χ4v) is 2.96. The highest BCUT2D eigenvalue weighted by molar-refractivity contribution is 9.09. The Bertz CT molecular complexity index is 517. The number of para-hydroxylation sites is 1. The van der Waals surface area contributed by atoms with Gasteiger partial charge in [0.1, 0.15) is 0 Å². The van der Waals surface area contributed by atoms with E-state index in [1.807, 2.05) is 12.3 Å². The van der Waals surface area contributed by atoms with Gasteiger partial charge in [0.05, 0.1) is 5.52 Å². The van der Waals surface area contributed by atoms with E-state index in [4.69, 9.17) is 0 Å². The van der Waals surface area contributed by atoms with Crippen molar-refractivity contribution >= 4 is 26.8 Å². The van der Waals surface area contributed by atoms with Gasteiger partial charge in [0.15, 0.2) is 0 Å². The third-order valence-corrected chi connectivity index (χ3v) is 3.59. The number of fused-ring (bicyclic) bond motifs is 1. The van der Waals surface area contributed by atoms with Crippen LogP contribution in [0, 0.1) is 0 Å². The standard InChI is InChI=1S/C15H19BrN2/c1-15(2,8-9-16)18-11-13-6-3-5-12-7-4-10-17-14(12)13/h3-7,10,18H,8-9,11H2,1-2H3. The van der Waals surface area contributed by atoms with Gasteiger partial charge in [0.25, 0.3) is 0 Å². The van der Waals surface area contributed by atoms with Gasteiger partial charge in [0, 0.05) is 29.0 Å². The summed E-state index contributed by atoms with van der Waals surface area (Å²) in [6.07, 6.45) is 2.96. The van der Waals surface area contributed by atoms with E-state index in [0.717, 1.165) is 23.8 Å². The van der Waals surface area contributed by atoms with Gasteiger partial charge in [-0.05, 0) is 31.9 Å². The lowest BCUT2D eigenvalue weighted by Gasteiger charge is -2.25. The van der Waals surface area contributed by atoms with Crippen LogP contribution in [-0.4, -0.2) is 15.9 Å². The van der Waals surface area contributed by atoms with Crippen LogP contribution in [0.25, 0.3) is 10.9 Å². The van der Waals surface area contributed by atoms with Crippen LogP contribution in [0.5, 0.6) is 0 Å². The highest BCUT2D eigenvalue weighted by Crippen LogP contribution is 2.17. The zero-order valence-corrected chi connectivity index (χ0v) is 12.5. The zero-order valence-electron chi connectivity index (χ0n) is 10.9. The summed E-state index contributed by atoms with van der Waals surface area (Å²) in [6.45, 7) is 5.31. The van der Waals surface area contributed by atoms with Gasteiger partial charge in [-0.3, -0.25) is 4.98 Å². The van der Waals surface area contributed by atoms with Crippen LogP contribution in [0.15, 0.2) is 36.5 Å². The molecule has 2 nitrogen and oxygen atoms in total. The third-order valence-electron chi connectivity index (χ3n) is 3.19. The Morgan fingerprint density at radius 1 is 1.22 bits per heavy atom. The number of aromatic nitrogens is 1. The maximum Gasteiger partial charge on any atom is 0.0746 e. The molecule has 0 amide bonds. The minimum absolute atomic E-state index is 0.139. The summed E-state index contributed by atoms with van der Waals surface area (Å²) in [5.41, 5.74) is 2.50. The Hall–Kier alpha value is -0.930. The quantitative estimate of drug-likeness (QED) is 0.848. The average Bonchev–Trinajstić information content (AvgIpc) is 2.36. The molecule has 0 saturated heterocycles. The van der Waals surface area contributed by atoms with Crippen molar-refractivity contribution in [3.05, 3.63) is 42.1 Å². The number of hydrogen-bond donors (Lipinski definition) is 1. The zero-order chi connectivity index (χ0) is 13.0. The molecule has 0 aliphatic carbocycles. The number of nitrogens with one attached hydrogen (secondary N) is 1. The first-order chi connectivity index (χ1) is 8.62. The van der Waals surface area contributed by atoms with Gasteiger partial charge < -0.3 is 5.32 Å². The van der Waals surface area contributed by atoms with E-state index >= 15 is 0 Å². The molecule has 2 aromatic rings. The van der Waals surface area contributed by atoms with Crippen LogP contribution in [0.3, 0.4) is 0 Å². The first-order valence-corrected chi connectivity index (χ1v) is 7.38. The number of hydrogen-bond acceptors (Lipinski definition) is 2. The summed E-state index contributed by atoms with van der Waals surface area (Å²) in [6, 6.07) is 10.4. The number of halogens is 1. The second kappa shape index (κ2) is 5.81. The fourth-order valence-electron chi connectivity index (χ4n) is 1.97. The number of rotatable bonds is 5. The molecule has 3 heteroatoms. The summed E-state index contributed by atoms with van der Waals surface area (Å²) in [5.74, 6) is 0. The van der Waals surface area contributed by atoms with E-state index in [9.17, 15) is 0 Å². The molecule has 2 rings (SSSR count). The highest BCUT2D eigenvalue weighted by atomic mass is 79.9. The average molecular weight is 307 g/mol. The van der Waals surface area contributed by atoms with Crippen LogP contribution < -0.4 is 5.32 Å². The molecule has 0 radical (unpaired) electrons. The Labute approximate surface area is 117 Å². The van der Waals surface area contributed by atoms with Gasteiger partial charge in [-0.15, -0.1) is 0 Å². The summed E-state index contributed by atoms with van der Waals surface area (Å²) in [4.78, 5) is 4.48. The van der Waals surface area contributed by atoms with E-state index < -0.39 is 0 Å². The Kier molecular flexibility index (Phi) is 4.36. The monoisotopic (exact) mass is 306 g/mol. The van der Waals surface area contributed by atoms with E-state index in [1.54, 1.807) is 0 Å². The Morgan fingerprint density at radius 3 is 2.78 bits per heavy atom. The molecule has 0 saturated carbocycles. The second-order valence-corrected chi connectivity index (χ2v) is 5.96. The number of alkyl halides is 1. The Morgan fingerprint density at radius 2 is 2.00 bits per heavy atom. The van der Waals surface area contributed by atoms with Crippen LogP contribution in [0.4, 0.5) is 0 Å². The predicted octanol–water partition coefficient (Wildman–Crippen LogP) is 3.89. The van der Waals surface area contributed by atoms with Gasteiger partial charge in [-0.2, -0.15) is 0 Å². The van der Waals surface area contributed by atoms with Crippen molar-refractivity contribution in [2.75, 3.05) is 5.33 Å².